The van der Waals surface area contributed by atoms with Gasteiger partial charge >= 0.3 is 0 Å². The van der Waals surface area contributed by atoms with Crippen LogP contribution >= 0.6 is 0 Å². The van der Waals surface area contributed by atoms with Gasteiger partial charge in [0, 0.05) is 31.5 Å². The van der Waals surface area contributed by atoms with Crippen molar-refractivity contribution in [2.45, 2.75) is 25.4 Å². The van der Waals surface area contributed by atoms with Gasteiger partial charge in [0.15, 0.2) is 0 Å². The van der Waals surface area contributed by atoms with Crippen molar-refractivity contribution in [2.75, 3.05) is 25.2 Å². The minimum atomic E-state index is -2.91. The number of imidazole rings is 1. The monoisotopic (exact) mass is 287 g/mol. The number of aromatic nitrogens is 2. The summed E-state index contributed by atoms with van der Waals surface area (Å²) < 4.78 is 29.5. The summed E-state index contributed by atoms with van der Waals surface area (Å²) in [5.74, 6) is 0.511. The number of nitrogens with zero attached hydrogens (tertiary/aromatic N) is 2. The lowest BCUT2D eigenvalue weighted by molar-refractivity contribution is 0.180. The van der Waals surface area contributed by atoms with Crippen LogP contribution in [0.3, 0.4) is 0 Å². The van der Waals surface area contributed by atoms with Crippen LogP contribution in [0.1, 0.15) is 24.6 Å². The highest BCUT2D eigenvalue weighted by Crippen LogP contribution is 2.26. The quantitative estimate of drug-likeness (QED) is 0.816. The van der Waals surface area contributed by atoms with Crippen LogP contribution in [0.5, 0.6) is 0 Å². The average Bonchev–Trinajstić information content (AvgIpc) is 2.97. The van der Waals surface area contributed by atoms with Gasteiger partial charge in [0.2, 0.25) is 0 Å². The fraction of sp³-hybridized carbons (Fsp3) is 0.750. The van der Waals surface area contributed by atoms with E-state index in [2.05, 4.69) is 4.98 Å². The molecule has 1 saturated heterocycles. The smallest absolute Gasteiger partial charge is 0.147 e. The van der Waals surface area contributed by atoms with Crippen molar-refractivity contribution >= 4 is 9.84 Å². The molecule has 0 amide bonds. The van der Waals surface area contributed by atoms with Crippen molar-refractivity contribution in [1.29, 1.82) is 0 Å². The number of ether oxygens (including phenoxy) is 1. The molecule has 0 saturated carbocycles. The lowest BCUT2D eigenvalue weighted by atomic mass is 9.97. The van der Waals surface area contributed by atoms with E-state index in [-0.39, 0.29) is 11.8 Å². The molecule has 2 atom stereocenters. The second-order valence-corrected chi connectivity index (χ2v) is 7.40. The van der Waals surface area contributed by atoms with E-state index in [1.165, 1.54) is 6.26 Å². The number of rotatable bonds is 6. The Morgan fingerprint density at radius 2 is 2.42 bits per heavy atom. The topological polar surface area (TPSA) is 87.2 Å². The molecule has 6 nitrogen and oxygen atoms in total. The van der Waals surface area contributed by atoms with E-state index in [1.807, 2.05) is 4.57 Å². The summed E-state index contributed by atoms with van der Waals surface area (Å²) in [7, 11) is -2.91. The van der Waals surface area contributed by atoms with Crippen LogP contribution in [-0.2, 0) is 21.1 Å². The van der Waals surface area contributed by atoms with E-state index in [9.17, 15) is 8.42 Å². The first-order valence-electron chi connectivity index (χ1n) is 6.48. The third-order valence-electron chi connectivity index (χ3n) is 3.47. The maximum absolute atomic E-state index is 11.1. The molecule has 0 spiro atoms. The van der Waals surface area contributed by atoms with Crippen LogP contribution < -0.4 is 5.73 Å². The Morgan fingerprint density at radius 1 is 1.63 bits per heavy atom. The molecular weight excluding hydrogens is 266 g/mol. The average molecular weight is 287 g/mol. The summed E-state index contributed by atoms with van der Waals surface area (Å²) in [6.45, 7) is 2.08. The van der Waals surface area contributed by atoms with E-state index in [4.69, 9.17) is 10.5 Å². The van der Waals surface area contributed by atoms with Gasteiger partial charge in [-0.25, -0.2) is 13.4 Å². The van der Waals surface area contributed by atoms with Crippen LogP contribution in [0, 0.1) is 5.92 Å². The summed E-state index contributed by atoms with van der Waals surface area (Å²) in [6.07, 6.45) is 6.28. The van der Waals surface area contributed by atoms with Crippen molar-refractivity contribution in [3.63, 3.8) is 0 Å². The van der Waals surface area contributed by atoms with Crippen LogP contribution in [0.4, 0.5) is 0 Å². The van der Waals surface area contributed by atoms with Crippen LogP contribution in [-0.4, -0.2) is 43.2 Å². The first-order valence-corrected chi connectivity index (χ1v) is 8.54. The molecule has 0 aromatic carbocycles. The zero-order chi connectivity index (χ0) is 13.9. The first kappa shape index (κ1) is 14.5. The van der Waals surface area contributed by atoms with Gasteiger partial charge in [-0.1, -0.05) is 0 Å². The van der Waals surface area contributed by atoms with E-state index in [0.717, 1.165) is 18.7 Å². The molecule has 2 N–H and O–H groups in total. The van der Waals surface area contributed by atoms with E-state index >= 15 is 0 Å². The van der Waals surface area contributed by atoms with Crippen LogP contribution in [0.25, 0.3) is 0 Å². The highest BCUT2D eigenvalue weighted by Gasteiger charge is 2.26. The summed E-state index contributed by atoms with van der Waals surface area (Å²) in [6, 6.07) is -0.0942. The summed E-state index contributed by atoms with van der Waals surface area (Å²) >= 11 is 0. The molecule has 1 fully saturated rings. The molecule has 0 aliphatic carbocycles. The lowest BCUT2D eigenvalue weighted by Crippen LogP contribution is -2.24. The Hall–Kier alpha value is -0.920. The van der Waals surface area contributed by atoms with Crippen LogP contribution in [0.2, 0.25) is 0 Å². The van der Waals surface area contributed by atoms with Crippen molar-refractivity contribution in [2.24, 2.45) is 11.7 Å². The maximum Gasteiger partial charge on any atom is 0.147 e. The molecule has 108 valence electrons. The van der Waals surface area contributed by atoms with Gasteiger partial charge in [-0.3, -0.25) is 0 Å². The number of sulfone groups is 1. The Kier molecular flexibility index (Phi) is 4.59. The molecule has 1 aromatic rings. The molecule has 19 heavy (non-hydrogen) atoms. The van der Waals surface area contributed by atoms with Gasteiger partial charge < -0.3 is 15.0 Å². The number of nitrogens with two attached hydrogens (primary N) is 1. The molecule has 1 aliphatic rings. The Balaban J connectivity index is 1.96. The van der Waals surface area contributed by atoms with Gasteiger partial charge in [-0.15, -0.1) is 0 Å². The van der Waals surface area contributed by atoms with E-state index in [0.29, 0.717) is 25.5 Å². The number of hydrogen-bond acceptors (Lipinski definition) is 5. The first-order chi connectivity index (χ1) is 8.97. The van der Waals surface area contributed by atoms with Crippen molar-refractivity contribution < 1.29 is 13.2 Å². The van der Waals surface area contributed by atoms with Gasteiger partial charge in [0.25, 0.3) is 0 Å². The minimum Gasteiger partial charge on any atom is -0.381 e. The summed E-state index contributed by atoms with van der Waals surface area (Å²) in [5, 5.41) is 0. The third-order valence-corrected chi connectivity index (χ3v) is 4.50. The zero-order valence-corrected chi connectivity index (χ0v) is 12.0. The molecule has 2 unspecified atom stereocenters. The molecule has 0 bridgehead atoms. The Morgan fingerprint density at radius 3 is 3.05 bits per heavy atom. The molecule has 2 rings (SSSR count). The SMILES string of the molecule is CS(=O)(=O)CCCn1cncc1C(N)C1CCOC1. The Labute approximate surface area is 113 Å². The van der Waals surface area contributed by atoms with E-state index < -0.39 is 9.84 Å². The molecular formula is C12H21N3O3S. The largest absolute Gasteiger partial charge is 0.381 e. The predicted molar refractivity (Wildman–Crippen MR) is 72.4 cm³/mol. The van der Waals surface area contributed by atoms with Crippen molar-refractivity contribution in [3.8, 4) is 0 Å². The minimum absolute atomic E-state index is 0.0942. The highest BCUT2D eigenvalue weighted by atomic mass is 32.2. The lowest BCUT2D eigenvalue weighted by Gasteiger charge is -2.19. The number of hydrogen-bond donors (Lipinski definition) is 1. The van der Waals surface area contributed by atoms with Crippen molar-refractivity contribution in [3.05, 3.63) is 18.2 Å². The fourth-order valence-electron chi connectivity index (χ4n) is 2.37. The predicted octanol–water partition coefficient (Wildman–Crippen LogP) is 0.354. The Bertz CT molecular complexity index is 506. The molecule has 7 heteroatoms. The van der Waals surface area contributed by atoms with Gasteiger partial charge in [0.1, 0.15) is 9.84 Å². The van der Waals surface area contributed by atoms with Crippen molar-refractivity contribution in [1.82, 2.24) is 9.55 Å². The third kappa shape index (κ3) is 4.02. The molecule has 1 aliphatic heterocycles. The van der Waals surface area contributed by atoms with E-state index in [1.54, 1.807) is 12.5 Å². The molecule has 1 aromatic heterocycles. The zero-order valence-electron chi connectivity index (χ0n) is 11.2. The fourth-order valence-corrected chi connectivity index (χ4v) is 3.02. The second kappa shape index (κ2) is 6.02. The van der Waals surface area contributed by atoms with Gasteiger partial charge in [-0.2, -0.15) is 0 Å². The summed E-state index contributed by atoms with van der Waals surface area (Å²) in [5.41, 5.74) is 7.21. The molecule has 0 radical (unpaired) electrons. The van der Waals surface area contributed by atoms with Gasteiger partial charge in [-0.05, 0) is 12.8 Å². The summed E-state index contributed by atoms with van der Waals surface area (Å²) in [4.78, 5) is 4.12. The number of aryl methyl sites for hydroxylation is 1. The van der Waals surface area contributed by atoms with Crippen LogP contribution in [0.15, 0.2) is 12.5 Å². The van der Waals surface area contributed by atoms with Gasteiger partial charge in [0.05, 0.1) is 30.4 Å². The normalized spacial score (nSPS) is 21.7. The maximum atomic E-state index is 11.1. The second-order valence-electron chi connectivity index (χ2n) is 5.14. The molecule has 2 heterocycles. The standard InChI is InChI=1S/C12H21N3O3S/c1-19(16,17)6-2-4-15-9-14-7-11(15)12(13)10-3-5-18-8-10/h7,9-10,12H,2-6,8,13H2,1H3. The highest BCUT2D eigenvalue weighted by molar-refractivity contribution is 7.90.